The molecule has 3 heteroatoms. The van der Waals surface area contributed by atoms with Gasteiger partial charge in [0.25, 0.3) is 0 Å². The fourth-order valence-electron chi connectivity index (χ4n) is 2.42. The minimum absolute atomic E-state index is 0. The molecule has 2 aromatic rings. The number of rotatable bonds is 4. The van der Waals surface area contributed by atoms with Gasteiger partial charge in [-0.3, -0.25) is 0 Å². The van der Waals surface area contributed by atoms with E-state index in [1.54, 1.807) is 0 Å². The molecule has 0 spiro atoms. The van der Waals surface area contributed by atoms with Crippen LogP contribution < -0.4 is 5.73 Å². The molecule has 0 aliphatic heterocycles. The van der Waals surface area contributed by atoms with Gasteiger partial charge in [-0.2, -0.15) is 0 Å². The first-order valence-electron chi connectivity index (χ1n) is 6.66. The van der Waals surface area contributed by atoms with Gasteiger partial charge < -0.3 is 10.8 Å². The highest BCUT2D eigenvalue weighted by Crippen LogP contribution is 2.34. The highest BCUT2D eigenvalue weighted by atomic mass is 16.3. The van der Waals surface area contributed by atoms with Crippen LogP contribution in [0.25, 0.3) is 0 Å². The molecule has 0 aromatic heterocycles. The third-order valence-electron chi connectivity index (χ3n) is 3.63. The van der Waals surface area contributed by atoms with E-state index in [9.17, 15) is 5.11 Å². The van der Waals surface area contributed by atoms with Crippen LogP contribution in [0.15, 0.2) is 60.7 Å². The molecule has 106 valence electrons. The molecule has 2 rings (SSSR count). The van der Waals surface area contributed by atoms with Crippen LogP contribution in [0.5, 0.6) is 0 Å². The maximum Gasteiger partial charge on any atom is 0.130 e. The zero-order chi connectivity index (χ0) is 13.9. The Morgan fingerprint density at radius 3 is 1.50 bits per heavy atom. The molecule has 1 atom stereocenters. The number of hydrogen-bond donors (Lipinski definition) is 2. The van der Waals surface area contributed by atoms with Crippen LogP contribution in [-0.4, -0.2) is 19.6 Å². The zero-order valence-corrected chi connectivity index (χ0v) is 11.5. The molecule has 0 unspecified atom stereocenters. The summed E-state index contributed by atoms with van der Waals surface area (Å²) in [5.74, 6) is 0.172. The van der Waals surface area contributed by atoms with Gasteiger partial charge >= 0.3 is 0 Å². The average molecular weight is 269 g/mol. The van der Waals surface area contributed by atoms with Gasteiger partial charge in [-0.1, -0.05) is 74.5 Å². The smallest absolute Gasteiger partial charge is 0.130 e. The third-order valence-corrected chi connectivity index (χ3v) is 3.63. The van der Waals surface area contributed by atoms with E-state index >= 15 is 0 Å². The summed E-state index contributed by atoms with van der Waals surface area (Å²) in [4.78, 5) is 0. The molecule has 0 aliphatic carbocycles. The molecular formula is C17H24BNO. The molecule has 0 fully saturated rings. The molecule has 20 heavy (non-hydrogen) atoms. The predicted octanol–water partition coefficient (Wildman–Crippen LogP) is 1.72. The van der Waals surface area contributed by atoms with Gasteiger partial charge in [0.2, 0.25) is 0 Å². The molecule has 0 saturated carbocycles. The predicted molar refractivity (Wildman–Crippen MR) is 88.6 cm³/mol. The Hall–Kier alpha value is -1.58. The second-order valence-corrected chi connectivity index (χ2v) is 5.27. The van der Waals surface area contributed by atoms with Crippen LogP contribution in [0.3, 0.4) is 0 Å². The van der Waals surface area contributed by atoms with E-state index in [2.05, 4.69) is 0 Å². The first-order chi connectivity index (χ1) is 9.06. The number of nitrogens with two attached hydrogens (primary N) is 1. The third kappa shape index (κ3) is 2.95. The monoisotopic (exact) mass is 269 g/mol. The Labute approximate surface area is 123 Å². The van der Waals surface area contributed by atoms with Crippen molar-refractivity contribution in [1.82, 2.24) is 0 Å². The second kappa shape index (κ2) is 6.73. The minimum atomic E-state index is -1.16. The van der Waals surface area contributed by atoms with E-state index in [0.717, 1.165) is 11.1 Å². The van der Waals surface area contributed by atoms with Crippen LogP contribution in [-0.2, 0) is 5.60 Å². The molecule has 2 nitrogen and oxygen atoms in total. The lowest BCUT2D eigenvalue weighted by Crippen LogP contribution is -2.49. The van der Waals surface area contributed by atoms with Crippen molar-refractivity contribution >= 4 is 8.41 Å². The van der Waals surface area contributed by atoms with Crippen LogP contribution in [0.1, 0.15) is 25.0 Å². The summed E-state index contributed by atoms with van der Waals surface area (Å²) in [6.07, 6.45) is 0. The molecule has 2 aromatic carbocycles. The fraction of sp³-hybridized carbons (Fsp3) is 0.294. The summed E-state index contributed by atoms with van der Waals surface area (Å²) in [5.41, 5.74) is 6.82. The Bertz CT molecular complexity index is 474. The van der Waals surface area contributed by atoms with E-state index < -0.39 is 5.60 Å². The van der Waals surface area contributed by atoms with Crippen molar-refractivity contribution in [3.8, 4) is 0 Å². The van der Waals surface area contributed by atoms with Crippen LogP contribution in [0.4, 0.5) is 0 Å². The maximum atomic E-state index is 11.3. The fourth-order valence-corrected chi connectivity index (χ4v) is 2.42. The maximum absolute atomic E-state index is 11.3. The lowest BCUT2D eigenvalue weighted by molar-refractivity contribution is 0.0353. The van der Waals surface area contributed by atoms with E-state index in [4.69, 9.17) is 5.73 Å². The Morgan fingerprint density at radius 1 is 0.850 bits per heavy atom. The van der Waals surface area contributed by atoms with Gasteiger partial charge in [0, 0.05) is 6.04 Å². The van der Waals surface area contributed by atoms with Crippen molar-refractivity contribution in [1.29, 1.82) is 0 Å². The van der Waals surface area contributed by atoms with Crippen molar-refractivity contribution in [2.24, 2.45) is 11.7 Å². The van der Waals surface area contributed by atoms with Crippen molar-refractivity contribution in [2.45, 2.75) is 25.5 Å². The second-order valence-electron chi connectivity index (χ2n) is 5.27. The van der Waals surface area contributed by atoms with Crippen molar-refractivity contribution in [3.63, 3.8) is 0 Å². The van der Waals surface area contributed by atoms with Crippen LogP contribution >= 0.6 is 0 Å². The summed E-state index contributed by atoms with van der Waals surface area (Å²) in [5, 5.41) is 11.3. The first-order valence-corrected chi connectivity index (χ1v) is 6.66. The van der Waals surface area contributed by atoms with Gasteiger partial charge in [-0.15, -0.1) is 0 Å². The lowest BCUT2D eigenvalue weighted by atomic mass is 9.76. The van der Waals surface area contributed by atoms with Crippen molar-refractivity contribution in [2.75, 3.05) is 0 Å². The molecule has 0 radical (unpaired) electrons. The van der Waals surface area contributed by atoms with Gasteiger partial charge in [-0.05, 0) is 17.0 Å². The largest absolute Gasteiger partial charge is 0.379 e. The SMILES string of the molecule is B.CC(C)[C@H](N)C(O)(c1ccccc1)c1ccccc1. The first kappa shape index (κ1) is 16.5. The summed E-state index contributed by atoms with van der Waals surface area (Å²) in [7, 11) is 0. The topological polar surface area (TPSA) is 46.2 Å². The van der Waals surface area contributed by atoms with Crippen LogP contribution in [0, 0.1) is 5.92 Å². The van der Waals surface area contributed by atoms with E-state index in [0.29, 0.717) is 0 Å². The highest BCUT2D eigenvalue weighted by Gasteiger charge is 2.39. The average Bonchev–Trinajstić information content (AvgIpc) is 2.47. The van der Waals surface area contributed by atoms with E-state index in [-0.39, 0.29) is 20.4 Å². The van der Waals surface area contributed by atoms with Gasteiger partial charge in [0.1, 0.15) is 5.60 Å². The standard InChI is InChI=1S/C17H21NO.BH3/c1-13(2)16(18)17(19,14-9-5-3-6-10-14)15-11-7-4-8-12-15;/h3-13,16,19H,18H2,1-2H3;1H3/t16-;/m0./s1. The summed E-state index contributed by atoms with van der Waals surface area (Å²) < 4.78 is 0. The molecule has 0 bridgehead atoms. The Morgan fingerprint density at radius 2 is 1.20 bits per heavy atom. The summed E-state index contributed by atoms with van der Waals surface area (Å²) in [6, 6.07) is 18.9. The normalized spacial score (nSPS) is 12.8. The van der Waals surface area contributed by atoms with Gasteiger partial charge in [0.15, 0.2) is 0 Å². The van der Waals surface area contributed by atoms with Crippen molar-refractivity contribution < 1.29 is 5.11 Å². The van der Waals surface area contributed by atoms with Crippen LogP contribution in [0.2, 0.25) is 0 Å². The molecular weight excluding hydrogens is 245 g/mol. The minimum Gasteiger partial charge on any atom is -0.379 e. The van der Waals surface area contributed by atoms with E-state index in [1.165, 1.54) is 0 Å². The van der Waals surface area contributed by atoms with Gasteiger partial charge in [-0.25, -0.2) is 0 Å². The molecule has 0 saturated heterocycles. The van der Waals surface area contributed by atoms with E-state index in [1.807, 2.05) is 74.5 Å². The molecule has 3 N–H and O–H groups in total. The molecule has 0 heterocycles. The number of hydrogen-bond acceptors (Lipinski definition) is 2. The summed E-state index contributed by atoms with van der Waals surface area (Å²) >= 11 is 0. The highest BCUT2D eigenvalue weighted by molar-refractivity contribution is 5.75. The van der Waals surface area contributed by atoms with Gasteiger partial charge in [0.05, 0.1) is 8.41 Å². The Balaban J connectivity index is 0.00000200. The quantitative estimate of drug-likeness (QED) is 0.830. The number of benzene rings is 2. The lowest BCUT2D eigenvalue weighted by Gasteiger charge is -2.37. The Kier molecular flexibility index (Phi) is 5.55. The molecule has 0 aliphatic rings. The number of aliphatic hydroxyl groups is 1. The van der Waals surface area contributed by atoms with Crippen molar-refractivity contribution in [3.05, 3.63) is 71.8 Å². The zero-order valence-electron chi connectivity index (χ0n) is 11.5. The summed E-state index contributed by atoms with van der Waals surface area (Å²) in [6.45, 7) is 4.06. The molecule has 0 amide bonds.